The van der Waals surface area contributed by atoms with Crippen LogP contribution in [0.2, 0.25) is 0 Å². The monoisotopic (exact) mass is 328 g/mol. The molecule has 1 aliphatic rings. The molecule has 0 spiro atoms. The summed E-state index contributed by atoms with van der Waals surface area (Å²) in [6.07, 6.45) is -2.58. The van der Waals surface area contributed by atoms with E-state index in [1.807, 2.05) is 5.32 Å². The van der Waals surface area contributed by atoms with Gasteiger partial charge < -0.3 is 10.2 Å². The van der Waals surface area contributed by atoms with Crippen LogP contribution in [0.3, 0.4) is 0 Å². The minimum absolute atomic E-state index is 0.0117. The molecule has 0 bridgehead atoms. The summed E-state index contributed by atoms with van der Waals surface area (Å²) in [5.74, 6) is -0.756. The minimum Gasteiger partial charge on any atom is -0.342 e. The zero-order valence-corrected chi connectivity index (χ0v) is 12.6. The lowest BCUT2D eigenvalue weighted by atomic mass is 10.1. The van der Waals surface area contributed by atoms with Gasteiger partial charge in [-0.05, 0) is 18.4 Å². The number of benzene rings is 1. The molecule has 0 radical (unpaired) electrons. The number of amides is 2. The smallest absolute Gasteiger partial charge is 0.342 e. The lowest BCUT2D eigenvalue weighted by Crippen LogP contribution is -2.41. The fourth-order valence-electron chi connectivity index (χ4n) is 2.57. The number of carbonyl (C=O) groups excluding carboxylic acids is 2. The molecular weight excluding hydrogens is 309 g/mol. The van der Waals surface area contributed by atoms with Crippen LogP contribution in [-0.2, 0) is 9.59 Å². The van der Waals surface area contributed by atoms with Gasteiger partial charge in [-0.3, -0.25) is 9.59 Å². The Morgan fingerprint density at radius 2 is 1.91 bits per heavy atom. The second kappa shape index (κ2) is 7.48. The highest BCUT2D eigenvalue weighted by molar-refractivity contribution is 5.79. The number of rotatable bonds is 5. The molecule has 1 heterocycles. The molecule has 1 aliphatic heterocycles. The molecule has 0 unspecified atom stereocenters. The Bertz CT molecular complexity index is 546. The number of carbonyl (C=O) groups is 2. The third kappa shape index (κ3) is 4.97. The first-order chi connectivity index (χ1) is 10.9. The standard InChI is InChI=1S/C16H19F3N2O2/c17-16(18,19)15(12-6-2-1-3-7-12)20-13(22)9-11-21-10-5-4-8-14(21)23/h1-3,6-7,15H,4-5,8-11H2,(H,20,22)/t15-/m1/s1. The molecule has 7 heteroatoms. The highest BCUT2D eigenvalue weighted by Gasteiger charge is 2.41. The molecule has 2 amide bonds. The average Bonchev–Trinajstić information content (AvgIpc) is 2.51. The van der Waals surface area contributed by atoms with E-state index >= 15 is 0 Å². The van der Waals surface area contributed by atoms with E-state index in [4.69, 9.17) is 0 Å². The maximum absolute atomic E-state index is 13.1. The first-order valence-corrected chi connectivity index (χ1v) is 7.57. The van der Waals surface area contributed by atoms with Gasteiger partial charge in [0.25, 0.3) is 0 Å². The topological polar surface area (TPSA) is 49.4 Å². The van der Waals surface area contributed by atoms with Gasteiger partial charge in [0.15, 0.2) is 6.04 Å². The molecule has 1 atom stereocenters. The Labute approximate surface area is 132 Å². The van der Waals surface area contributed by atoms with E-state index in [1.54, 1.807) is 6.07 Å². The summed E-state index contributed by atoms with van der Waals surface area (Å²) < 4.78 is 39.4. The van der Waals surface area contributed by atoms with E-state index in [2.05, 4.69) is 0 Å². The van der Waals surface area contributed by atoms with E-state index < -0.39 is 18.1 Å². The minimum atomic E-state index is -4.57. The van der Waals surface area contributed by atoms with Gasteiger partial charge in [-0.1, -0.05) is 30.3 Å². The van der Waals surface area contributed by atoms with Crippen molar-refractivity contribution in [1.29, 1.82) is 0 Å². The molecule has 1 aromatic rings. The van der Waals surface area contributed by atoms with Crippen molar-refractivity contribution < 1.29 is 22.8 Å². The summed E-state index contributed by atoms with van der Waals surface area (Å²) in [7, 11) is 0. The van der Waals surface area contributed by atoms with Crippen molar-refractivity contribution in [3.05, 3.63) is 35.9 Å². The van der Waals surface area contributed by atoms with Crippen LogP contribution < -0.4 is 5.32 Å². The van der Waals surface area contributed by atoms with Crippen molar-refractivity contribution in [1.82, 2.24) is 10.2 Å². The largest absolute Gasteiger partial charge is 0.412 e. The molecule has 0 aromatic heterocycles. The normalized spacial score (nSPS) is 17.0. The van der Waals surface area contributed by atoms with Crippen molar-refractivity contribution >= 4 is 11.8 Å². The van der Waals surface area contributed by atoms with Crippen LogP contribution in [0.15, 0.2) is 30.3 Å². The van der Waals surface area contributed by atoms with Crippen LogP contribution in [0.5, 0.6) is 0 Å². The van der Waals surface area contributed by atoms with E-state index in [-0.39, 0.29) is 24.4 Å². The number of halogens is 3. The van der Waals surface area contributed by atoms with E-state index in [0.29, 0.717) is 13.0 Å². The third-order valence-electron chi connectivity index (χ3n) is 3.80. The molecular formula is C16H19F3N2O2. The van der Waals surface area contributed by atoms with Crippen molar-refractivity contribution in [2.75, 3.05) is 13.1 Å². The van der Waals surface area contributed by atoms with Gasteiger partial charge in [0.1, 0.15) is 0 Å². The van der Waals surface area contributed by atoms with Crippen LogP contribution in [0.25, 0.3) is 0 Å². The van der Waals surface area contributed by atoms with Crippen molar-refractivity contribution in [2.45, 2.75) is 37.9 Å². The Kier molecular flexibility index (Phi) is 5.63. The number of nitrogens with one attached hydrogen (secondary N) is 1. The predicted octanol–water partition coefficient (Wildman–Crippen LogP) is 2.81. The quantitative estimate of drug-likeness (QED) is 0.903. The molecule has 1 aromatic carbocycles. The summed E-state index contributed by atoms with van der Waals surface area (Å²) in [6, 6.07) is 5.22. The average molecular weight is 328 g/mol. The Balaban J connectivity index is 1.94. The summed E-state index contributed by atoms with van der Waals surface area (Å²) in [5.41, 5.74) is -0.0117. The molecule has 2 rings (SSSR count). The Morgan fingerprint density at radius 1 is 1.22 bits per heavy atom. The zero-order chi connectivity index (χ0) is 16.9. The van der Waals surface area contributed by atoms with Gasteiger partial charge in [0, 0.05) is 25.9 Å². The van der Waals surface area contributed by atoms with Gasteiger partial charge in [-0.2, -0.15) is 13.2 Å². The Hall–Kier alpha value is -2.05. The van der Waals surface area contributed by atoms with Gasteiger partial charge in [-0.15, -0.1) is 0 Å². The van der Waals surface area contributed by atoms with Gasteiger partial charge in [0.2, 0.25) is 11.8 Å². The Morgan fingerprint density at radius 3 is 2.52 bits per heavy atom. The van der Waals surface area contributed by atoms with Gasteiger partial charge in [0.05, 0.1) is 0 Å². The predicted molar refractivity (Wildman–Crippen MR) is 78.4 cm³/mol. The fraction of sp³-hybridized carbons (Fsp3) is 0.500. The number of nitrogens with zero attached hydrogens (tertiary/aromatic N) is 1. The molecule has 126 valence electrons. The van der Waals surface area contributed by atoms with Gasteiger partial charge >= 0.3 is 6.18 Å². The molecule has 1 saturated heterocycles. The molecule has 1 fully saturated rings. The highest BCUT2D eigenvalue weighted by Crippen LogP contribution is 2.32. The SMILES string of the molecule is O=C(CCN1CCCCC1=O)N[C@H](c1ccccc1)C(F)(F)F. The highest BCUT2D eigenvalue weighted by atomic mass is 19.4. The number of piperidine rings is 1. The first kappa shape index (κ1) is 17.3. The maximum Gasteiger partial charge on any atom is 0.412 e. The third-order valence-corrected chi connectivity index (χ3v) is 3.80. The van der Waals surface area contributed by atoms with Crippen LogP contribution >= 0.6 is 0 Å². The summed E-state index contributed by atoms with van der Waals surface area (Å²) in [5, 5.41) is 2.03. The van der Waals surface area contributed by atoms with E-state index in [1.165, 1.54) is 29.2 Å². The van der Waals surface area contributed by atoms with Crippen LogP contribution in [0.1, 0.15) is 37.3 Å². The number of alkyl halides is 3. The fourth-order valence-corrected chi connectivity index (χ4v) is 2.57. The number of likely N-dealkylation sites (tertiary alicyclic amines) is 1. The second-order valence-electron chi connectivity index (χ2n) is 5.54. The molecule has 0 aliphatic carbocycles. The number of hydrogen-bond acceptors (Lipinski definition) is 2. The first-order valence-electron chi connectivity index (χ1n) is 7.57. The summed E-state index contributed by atoms with van der Waals surface area (Å²) in [4.78, 5) is 25.0. The van der Waals surface area contributed by atoms with Gasteiger partial charge in [-0.25, -0.2) is 0 Å². The molecule has 1 N–H and O–H groups in total. The van der Waals surface area contributed by atoms with Crippen LogP contribution in [0, 0.1) is 0 Å². The number of hydrogen-bond donors (Lipinski definition) is 1. The van der Waals surface area contributed by atoms with Crippen LogP contribution in [-0.4, -0.2) is 36.0 Å². The maximum atomic E-state index is 13.1. The summed E-state index contributed by atoms with van der Waals surface area (Å²) >= 11 is 0. The van der Waals surface area contributed by atoms with Crippen LogP contribution in [0.4, 0.5) is 13.2 Å². The van der Waals surface area contributed by atoms with E-state index in [9.17, 15) is 22.8 Å². The van der Waals surface area contributed by atoms with E-state index in [0.717, 1.165) is 12.8 Å². The zero-order valence-electron chi connectivity index (χ0n) is 12.6. The molecule has 4 nitrogen and oxygen atoms in total. The van der Waals surface area contributed by atoms with Crippen molar-refractivity contribution in [3.8, 4) is 0 Å². The summed E-state index contributed by atoms with van der Waals surface area (Å²) in [6.45, 7) is 0.720. The van der Waals surface area contributed by atoms with Crippen molar-refractivity contribution in [2.24, 2.45) is 0 Å². The lowest BCUT2D eigenvalue weighted by Gasteiger charge is -2.27. The molecule has 23 heavy (non-hydrogen) atoms. The van der Waals surface area contributed by atoms with Crippen molar-refractivity contribution in [3.63, 3.8) is 0 Å². The molecule has 0 saturated carbocycles. The second-order valence-corrected chi connectivity index (χ2v) is 5.54. The lowest BCUT2D eigenvalue weighted by molar-refractivity contribution is -0.163.